The predicted molar refractivity (Wildman–Crippen MR) is 47.0 cm³/mol. The minimum absolute atomic E-state index is 0.0965. The van der Waals surface area contributed by atoms with E-state index in [1.807, 2.05) is 0 Å². The Bertz CT molecular complexity index is 128. The summed E-state index contributed by atoms with van der Waals surface area (Å²) in [7, 11) is 3.38. The van der Waals surface area contributed by atoms with Crippen LogP contribution in [0.2, 0.25) is 0 Å². The standard InChI is InChI=1S/C7H17N3O2/c1-10(2)7(12)9-4-3-8-5-6-11/h8,11H,3-6H2,1-2H3,(H,9,12). The lowest BCUT2D eigenvalue weighted by Crippen LogP contribution is -2.38. The monoisotopic (exact) mass is 175 g/mol. The number of nitrogens with one attached hydrogen (secondary N) is 2. The number of nitrogens with zero attached hydrogens (tertiary/aromatic N) is 1. The van der Waals surface area contributed by atoms with E-state index in [1.54, 1.807) is 14.1 Å². The van der Waals surface area contributed by atoms with Crippen molar-refractivity contribution in [2.75, 3.05) is 40.3 Å². The van der Waals surface area contributed by atoms with Crippen LogP contribution in [0.25, 0.3) is 0 Å². The molecule has 0 unspecified atom stereocenters. The third kappa shape index (κ3) is 5.94. The van der Waals surface area contributed by atoms with Crippen molar-refractivity contribution in [3.05, 3.63) is 0 Å². The largest absolute Gasteiger partial charge is 0.395 e. The van der Waals surface area contributed by atoms with E-state index in [2.05, 4.69) is 10.6 Å². The molecule has 12 heavy (non-hydrogen) atoms. The molecule has 5 heteroatoms. The highest BCUT2D eigenvalue weighted by molar-refractivity contribution is 5.73. The number of carbonyl (C=O) groups is 1. The molecule has 5 nitrogen and oxygen atoms in total. The second kappa shape index (κ2) is 6.87. The van der Waals surface area contributed by atoms with Gasteiger partial charge in [0.1, 0.15) is 0 Å². The maximum Gasteiger partial charge on any atom is 0.316 e. The Morgan fingerprint density at radius 1 is 1.33 bits per heavy atom. The zero-order chi connectivity index (χ0) is 9.40. The minimum atomic E-state index is -0.0965. The predicted octanol–water partition coefficient (Wildman–Crippen LogP) is -1.16. The number of rotatable bonds is 5. The summed E-state index contributed by atoms with van der Waals surface area (Å²) in [5.41, 5.74) is 0. The Balaban J connectivity index is 3.14. The number of urea groups is 1. The highest BCUT2D eigenvalue weighted by Gasteiger charge is 1.99. The number of carbonyl (C=O) groups excluding carboxylic acids is 1. The minimum Gasteiger partial charge on any atom is -0.395 e. The van der Waals surface area contributed by atoms with Gasteiger partial charge in [-0.15, -0.1) is 0 Å². The molecule has 3 N–H and O–H groups in total. The Kier molecular flexibility index (Phi) is 6.41. The number of aliphatic hydroxyl groups is 1. The van der Waals surface area contributed by atoms with Gasteiger partial charge in [0.2, 0.25) is 0 Å². The topological polar surface area (TPSA) is 64.6 Å². The Morgan fingerprint density at radius 3 is 2.50 bits per heavy atom. The molecule has 0 heterocycles. The maximum atomic E-state index is 10.9. The summed E-state index contributed by atoms with van der Waals surface area (Å²) < 4.78 is 0. The summed E-state index contributed by atoms with van der Waals surface area (Å²) in [4.78, 5) is 12.4. The van der Waals surface area contributed by atoms with Crippen molar-refractivity contribution < 1.29 is 9.90 Å². The molecule has 0 rings (SSSR count). The van der Waals surface area contributed by atoms with Crippen LogP contribution in [0.5, 0.6) is 0 Å². The molecule has 0 fully saturated rings. The molecule has 72 valence electrons. The molecule has 0 saturated carbocycles. The van der Waals surface area contributed by atoms with E-state index in [0.717, 1.165) is 0 Å². The number of aliphatic hydroxyl groups excluding tert-OH is 1. The zero-order valence-corrected chi connectivity index (χ0v) is 7.63. The van der Waals surface area contributed by atoms with Crippen molar-refractivity contribution in [2.45, 2.75) is 0 Å². The lowest BCUT2D eigenvalue weighted by atomic mass is 10.5. The molecule has 0 aromatic rings. The molecule has 0 bridgehead atoms. The molecule has 0 radical (unpaired) electrons. The molecule has 0 aliphatic heterocycles. The second-order valence-electron chi connectivity index (χ2n) is 2.60. The molecule has 0 atom stereocenters. The van der Waals surface area contributed by atoms with Crippen molar-refractivity contribution in [3.8, 4) is 0 Å². The number of hydrogen-bond donors (Lipinski definition) is 3. The first-order chi connectivity index (χ1) is 5.68. The van der Waals surface area contributed by atoms with Gasteiger partial charge in [-0.05, 0) is 0 Å². The molecular formula is C7H17N3O2. The van der Waals surface area contributed by atoms with E-state index >= 15 is 0 Å². The van der Waals surface area contributed by atoms with Gasteiger partial charge in [0.05, 0.1) is 6.61 Å². The Morgan fingerprint density at radius 2 is 2.00 bits per heavy atom. The van der Waals surface area contributed by atoms with Gasteiger partial charge in [0, 0.05) is 33.7 Å². The SMILES string of the molecule is CN(C)C(=O)NCCNCCO. The van der Waals surface area contributed by atoms with Gasteiger partial charge >= 0.3 is 6.03 Å². The average molecular weight is 175 g/mol. The van der Waals surface area contributed by atoms with Crippen molar-refractivity contribution in [1.82, 2.24) is 15.5 Å². The lowest BCUT2D eigenvalue weighted by Gasteiger charge is -2.11. The van der Waals surface area contributed by atoms with E-state index in [1.165, 1.54) is 4.90 Å². The first-order valence-corrected chi connectivity index (χ1v) is 3.95. The summed E-state index contributed by atoms with van der Waals surface area (Å²) in [6, 6.07) is -0.0965. The first-order valence-electron chi connectivity index (χ1n) is 3.95. The van der Waals surface area contributed by atoms with E-state index in [4.69, 9.17) is 5.11 Å². The van der Waals surface area contributed by atoms with E-state index in [9.17, 15) is 4.79 Å². The van der Waals surface area contributed by atoms with Gasteiger partial charge in [-0.3, -0.25) is 0 Å². The summed E-state index contributed by atoms with van der Waals surface area (Å²) in [6.45, 7) is 1.95. The quantitative estimate of drug-likeness (QED) is 0.462. The van der Waals surface area contributed by atoms with Crippen molar-refractivity contribution in [3.63, 3.8) is 0 Å². The molecule has 0 aliphatic rings. The van der Waals surface area contributed by atoms with Crippen LogP contribution >= 0.6 is 0 Å². The van der Waals surface area contributed by atoms with Gasteiger partial charge in [0.25, 0.3) is 0 Å². The molecule has 0 spiro atoms. The van der Waals surface area contributed by atoms with Gasteiger partial charge in [-0.1, -0.05) is 0 Å². The highest BCUT2D eigenvalue weighted by atomic mass is 16.3. The van der Waals surface area contributed by atoms with Crippen LogP contribution < -0.4 is 10.6 Å². The smallest absolute Gasteiger partial charge is 0.316 e. The third-order valence-electron chi connectivity index (χ3n) is 1.27. The molecular weight excluding hydrogens is 158 g/mol. The summed E-state index contributed by atoms with van der Waals surface area (Å²) in [5, 5.41) is 14.0. The first kappa shape index (κ1) is 11.2. The molecule has 0 aromatic carbocycles. The van der Waals surface area contributed by atoms with E-state index in [-0.39, 0.29) is 12.6 Å². The van der Waals surface area contributed by atoms with Crippen LogP contribution in [0.1, 0.15) is 0 Å². The average Bonchev–Trinajstić information content (AvgIpc) is 2.03. The van der Waals surface area contributed by atoms with Crippen LogP contribution in [-0.2, 0) is 0 Å². The van der Waals surface area contributed by atoms with Crippen LogP contribution in [-0.4, -0.2) is 56.4 Å². The molecule has 0 aliphatic carbocycles. The Hall–Kier alpha value is -0.810. The summed E-state index contributed by atoms with van der Waals surface area (Å²) in [6.07, 6.45) is 0. The lowest BCUT2D eigenvalue weighted by molar-refractivity contribution is 0.217. The fourth-order valence-corrected chi connectivity index (χ4v) is 0.620. The van der Waals surface area contributed by atoms with Crippen LogP contribution in [0.4, 0.5) is 4.79 Å². The van der Waals surface area contributed by atoms with Gasteiger partial charge in [-0.25, -0.2) is 4.79 Å². The second-order valence-corrected chi connectivity index (χ2v) is 2.60. The van der Waals surface area contributed by atoms with E-state index in [0.29, 0.717) is 19.6 Å². The van der Waals surface area contributed by atoms with Crippen molar-refractivity contribution in [1.29, 1.82) is 0 Å². The number of amides is 2. The van der Waals surface area contributed by atoms with Gasteiger partial charge in [-0.2, -0.15) is 0 Å². The number of hydrogen-bond acceptors (Lipinski definition) is 3. The zero-order valence-electron chi connectivity index (χ0n) is 7.63. The molecule has 2 amide bonds. The van der Waals surface area contributed by atoms with Gasteiger partial charge < -0.3 is 20.6 Å². The highest BCUT2D eigenvalue weighted by Crippen LogP contribution is 1.74. The van der Waals surface area contributed by atoms with Crippen LogP contribution in [0.15, 0.2) is 0 Å². The van der Waals surface area contributed by atoms with Gasteiger partial charge in [0.15, 0.2) is 0 Å². The summed E-state index contributed by atoms with van der Waals surface area (Å²) >= 11 is 0. The van der Waals surface area contributed by atoms with Crippen molar-refractivity contribution in [2.24, 2.45) is 0 Å². The fraction of sp³-hybridized carbons (Fsp3) is 0.857. The van der Waals surface area contributed by atoms with E-state index < -0.39 is 0 Å². The van der Waals surface area contributed by atoms with Crippen molar-refractivity contribution >= 4 is 6.03 Å². The third-order valence-corrected chi connectivity index (χ3v) is 1.27. The fourth-order valence-electron chi connectivity index (χ4n) is 0.620. The summed E-state index contributed by atoms with van der Waals surface area (Å²) in [5.74, 6) is 0. The normalized spacial score (nSPS) is 9.58. The molecule has 0 saturated heterocycles. The Labute approximate surface area is 72.7 Å². The van der Waals surface area contributed by atoms with Crippen LogP contribution in [0, 0.1) is 0 Å². The van der Waals surface area contributed by atoms with Crippen LogP contribution in [0.3, 0.4) is 0 Å². The molecule has 0 aromatic heterocycles. The maximum absolute atomic E-state index is 10.9.